The molecule has 2 aromatic rings. The van der Waals surface area contributed by atoms with E-state index in [2.05, 4.69) is 46.0 Å². The zero-order chi connectivity index (χ0) is 14.5. The minimum atomic E-state index is 0.0548. The Morgan fingerprint density at radius 3 is 2.80 bits per heavy atom. The molecule has 0 bridgehead atoms. The molecule has 1 aromatic heterocycles. The van der Waals surface area contributed by atoms with Crippen molar-refractivity contribution < 1.29 is 4.52 Å². The number of hydrogen-bond acceptors (Lipinski definition) is 5. The Bertz CT molecular complexity index is 559. The van der Waals surface area contributed by atoms with Crippen LogP contribution in [0.1, 0.15) is 25.6 Å². The van der Waals surface area contributed by atoms with Crippen molar-refractivity contribution >= 4 is 27.7 Å². The van der Waals surface area contributed by atoms with Gasteiger partial charge < -0.3 is 10.3 Å². The van der Waals surface area contributed by atoms with Gasteiger partial charge in [0.15, 0.2) is 5.82 Å². The van der Waals surface area contributed by atoms with E-state index in [-0.39, 0.29) is 6.04 Å². The van der Waals surface area contributed by atoms with Gasteiger partial charge in [-0.15, -0.1) is 11.8 Å². The minimum absolute atomic E-state index is 0.0548. The molecule has 4 nitrogen and oxygen atoms in total. The predicted molar refractivity (Wildman–Crippen MR) is 84.5 cm³/mol. The smallest absolute Gasteiger partial charge is 0.228 e. The summed E-state index contributed by atoms with van der Waals surface area (Å²) in [4.78, 5) is 5.55. The van der Waals surface area contributed by atoms with E-state index >= 15 is 0 Å². The fourth-order valence-corrected chi connectivity index (χ4v) is 2.98. The van der Waals surface area contributed by atoms with Crippen molar-refractivity contribution in [2.24, 2.45) is 11.7 Å². The molecule has 0 spiro atoms. The summed E-state index contributed by atoms with van der Waals surface area (Å²) in [6.45, 7) is 4.18. The van der Waals surface area contributed by atoms with Crippen molar-refractivity contribution in [2.45, 2.75) is 37.0 Å². The van der Waals surface area contributed by atoms with Crippen LogP contribution in [0.2, 0.25) is 0 Å². The SMILES string of the molecule is CC(C)C(N)Cc1nc(CSc2ccccc2Br)no1. The number of halogens is 1. The highest BCUT2D eigenvalue weighted by Crippen LogP contribution is 2.29. The number of nitrogens with two attached hydrogens (primary N) is 1. The number of nitrogens with zero attached hydrogens (tertiary/aromatic N) is 2. The van der Waals surface area contributed by atoms with Gasteiger partial charge in [0.25, 0.3) is 0 Å². The van der Waals surface area contributed by atoms with Crippen LogP contribution >= 0.6 is 27.7 Å². The molecule has 1 unspecified atom stereocenters. The molecule has 0 aliphatic carbocycles. The molecular formula is C14H18BrN3OS. The van der Waals surface area contributed by atoms with Gasteiger partial charge in [0.05, 0.1) is 5.75 Å². The second-order valence-electron chi connectivity index (χ2n) is 4.94. The third-order valence-electron chi connectivity index (χ3n) is 2.97. The van der Waals surface area contributed by atoms with Crippen LogP contribution in [0.3, 0.4) is 0 Å². The summed E-state index contributed by atoms with van der Waals surface area (Å²) >= 11 is 5.20. The molecule has 0 radical (unpaired) electrons. The van der Waals surface area contributed by atoms with Crippen molar-refractivity contribution in [1.82, 2.24) is 10.1 Å². The average molecular weight is 356 g/mol. The molecule has 0 aliphatic heterocycles. The third-order valence-corrected chi connectivity index (χ3v) is 4.99. The molecule has 1 atom stereocenters. The predicted octanol–water partition coefficient (Wildman–Crippen LogP) is 3.65. The number of rotatable bonds is 6. The van der Waals surface area contributed by atoms with Crippen LogP contribution in [-0.2, 0) is 12.2 Å². The highest BCUT2D eigenvalue weighted by Gasteiger charge is 2.14. The maximum Gasteiger partial charge on any atom is 0.228 e. The summed E-state index contributed by atoms with van der Waals surface area (Å²) in [7, 11) is 0. The summed E-state index contributed by atoms with van der Waals surface area (Å²) in [5, 5.41) is 4.00. The van der Waals surface area contributed by atoms with Crippen LogP contribution in [0.4, 0.5) is 0 Å². The Kier molecular flexibility index (Phi) is 5.63. The molecule has 0 saturated carbocycles. The molecule has 0 saturated heterocycles. The maximum absolute atomic E-state index is 6.00. The van der Waals surface area contributed by atoms with Gasteiger partial charge in [0.2, 0.25) is 5.89 Å². The van der Waals surface area contributed by atoms with E-state index in [0.29, 0.717) is 29.8 Å². The summed E-state index contributed by atoms with van der Waals surface area (Å²) in [5.41, 5.74) is 6.00. The molecule has 1 aromatic carbocycles. The Balaban J connectivity index is 1.92. The van der Waals surface area contributed by atoms with E-state index in [1.54, 1.807) is 11.8 Å². The molecule has 0 amide bonds. The standard InChI is InChI=1S/C14H18BrN3OS/c1-9(2)11(16)7-14-17-13(18-19-14)8-20-12-6-4-3-5-10(12)15/h3-6,9,11H,7-8,16H2,1-2H3. The molecule has 2 N–H and O–H groups in total. The second-order valence-corrected chi connectivity index (χ2v) is 6.81. The van der Waals surface area contributed by atoms with Crippen LogP contribution in [0.25, 0.3) is 0 Å². The van der Waals surface area contributed by atoms with Gasteiger partial charge in [-0.3, -0.25) is 0 Å². The quantitative estimate of drug-likeness (QED) is 0.801. The minimum Gasteiger partial charge on any atom is -0.339 e. The van der Waals surface area contributed by atoms with E-state index < -0.39 is 0 Å². The maximum atomic E-state index is 6.00. The first-order valence-corrected chi connectivity index (χ1v) is 8.28. The first-order valence-electron chi connectivity index (χ1n) is 6.50. The fraction of sp³-hybridized carbons (Fsp3) is 0.429. The molecule has 0 fully saturated rings. The van der Waals surface area contributed by atoms with Gasteiger partial charge >= 0.3 is 0 Å². The molecule has 108 valence electrons. The first-order chi connectivity index (χ1) is 9.56. The Hall–Kier alpha value is -0.850. The van der Waals surface area contributed by atoms with E-state index in [1.165, 1.54) is 0 Å². The van der Waals surface area contributed by atoms with E-state index in [9.17, 15) is 0 Å². The van der Waals surface area contributed by atoms with Gasteiger partial charge in [0.1, 0.15) is 0 Å². The number of thioether (sulfide) groups is 1. The zero-order valence-electron chi connectivity index (χ0n) is 11.5. The highest BCUT2D eigenvalue weighted by atomic mass is 79.9. The van der Waals surface area contributed by atoms with Gasteiger partial charge in [-0.05, 0) is 34.0 Å². The summed E-state index contributed by atoms with van der Waals surface area (Å²) in [6.07, 6.45) is 0.629. The van der Waals surface area contributed by atoms with Crippen LogP contribution in [-0.4, -0.2) is 16.2 Å². The van der Waals surface area contributed by atoms with Crippen molar-refractivity contribution in [3.8, 4) is 0 Å². The zero-order valence-corrected chi connectivity index (χ0v) is 13.9. The van der Waals surface area contributed by atoms with Crippen molar-refractivity contribution in [2.75, 3.05) is 0 Å². The summed E-state index contributed by atoms with van der Waals surface area (Å²) in [5.74, 6) is 2.41. The van der Waals surface area contributed by atoms with Crippen molar-refractivity contribution in [1.29, 1.82) is 0 Å². The lowest BCUT2D eigenvalue weighted by Gasteiger charge is -2.11. The van der Waals surface area contributed by atoms with Crippen LogP contribution in [0.5, 0.6) is 0 Å². The largest absolute Gasteiger partial charge is 0.339 e. The van der Waals surface area contributed by atoms with Crippen molar-refractivity contribution in [3.63, 3.8) is 0 Å². The number of benzene rings is 1. The summed E-state index contributed by atoms with van der Waals surface area (Å²) < 4.78 is 6.32. The number of hydrogen-bond donors (Lipinski definition) is 1. The molecule has 20 heavy (non-hydrogen) atoms. The third kappa shape index (κ3) is 4.33. The normalized spacial score (nSPS) is 12.8. The molecular weight excluding hydrogens is 338 g/mol. The van der Waals surface area contributed by atoms with E-state index in [1.807, 2.05) is 18.2 Å². The van der Waals surface area contributed by atoms with Crippen LogP contribution < -0.4 is 5.73 Å². The molecule has 1 heterocycles. The summed E-state index contributed by atoms with van der Waals surface area (Å²) in [6, 6.07) is 8.14. The van der Waals surface area contributed by atoms with Gasteiger partial charge in [-0.1, -0.05) is 31.1 Å². The lowest BCUT2D eigenvalue weighted by Crippen LogP contribution is -2.28. The monoisotopic (exact) mass is 355 g/mol. The molecule has 2 rings (SSSR count). The second kappa shape index (κ2) is 7.24. The lowest BCUT2D eigenvalue weighted by atomic mass is 10.0. The molecule has 6 heteroatoms. The van der Waals surface area contributed by atoms with E-state index in [0.717, 1.165) is 9.37 Å². The lowest BCUT2D eigenvalue weighted by molar-refractivity contribution is 0.350. The average Bonchev–Trinajstić information content (AvgIpc) is 2.85. The van der Waals surface area contributed by atoms with Gasteiger partial charge in [0, 0.05) is 21.8 Å². The highest BCUT2D eigenvalue weighted by molar-refractivity contribution is 9.10. The van der Waals surface area contributed by atoms with Crippen molar-refractivity contribution in [3.05, 3.63) is 40.5 Å². The van der Waals surface area contributed by atoms with Gasteiger partial charge in [-0.2, -0.15) is 4.98 Å². The van der Waals surface area contributed by atoms with Crippen LogP contribution in [0, 0.1) is 5.92 Å². The Morgan fingerprint density at radius 2 is 2.10 bits per heavy atom. The number of aromatic nitrogens is 2. The Labute approximate surface area is 131 Å². The fourth-order valence-electron chi connectivity index (χ4n) is 1.57. The Morgan fingerprint density at radius 1 is 1.35 bits per heavy atom. The first kappa shape index (κ1) is 15.5. The van der Waals surface area contributed by atoms with E-state index in [4.69, 9.17) is 10.3 Å². The van der Waals surface area contributed by atoms with Crippen LogP contribution in [0.15, 0.2) is 38.2 Å². The topological polar surface area (TPSA) is 64.9 Å². The molecule has 0 aliphatic rings. The van der Waals surface area contributed by atoms with Gasteiger partial charge in [-0.25, -0.2) is 0 Å².